The van der Waals surface area contributed by atoms with Crippen molar-refractivity contribution in [2.45, 2.75) is 77.1 Å². The first-order chi connectivity index (χ1) is 23.6. The second-order valence-electron chi connectivity index (χ2n) is 13.5. The number of anilines is 1. The summed E-state index contributed by atoms with van der Waals surface area (Å²) in [7, 11) is 0. The maximum absolute atomic E-state index is 14.3. The summed E-state index contributed by atoms with van der Waals surface area (Å²) >= 11 is 6.18. The molecule has 3 fully saturated rings. The lowest BCUT2D eigenvalue weighted by Gasteiger charge is -2.55. The van der Waals surface area contributed by atoms with Gasteiger partial charge in [0.1, 0.15) is 18.2 Å². The molecule has 1 saturated carbocycles. The van der Waals surface area contributed by atoms with Gasteiger partial charge in [-0.1, -0.05) is 30.3 Å². The van der Waals surface area contributed by atoms with Gasteiger partial charge in [0.25, 0.3) is 11.8 Å². The van der Waals surface area contributed by atoms with E-state index < -0.39 is 5.82 Å². The zero-order valence-corrected chi connectivity index (χ0v) is 29.0. The fraction of sp³-hybridized carbons (Fsp3) is 0.514. The molecule has 2 N–H and O–H groups in total. The molecule has 1 spiro atoms. The van der Waals surface area contributed by atoms with Crippen LogP contribution in [0.2, 0.25) is 5.28 Å². The van der Waals surface area contributed by atoms with E-state index in [1.165, 1.54) is 18.2 Å². The predicted octanol–water partition coefficient (Wildman–Crippen LogP) is 5.58. The highest BCUT2D eigenvalue weighted by Gasteiger charge is 2.46. The second kappa shape index (κ2) is 15.2. The highest BCUT2D eigenvalue weighted by molar-refractivity contribution is 6.28. The third kappa shape index (κ3) is 8.39. The Bertz CT molecular complexity index is 1620. The summed E-state index contributed by atoms with van der Waals surface area (Å²) in [5.74, 6) is 0.191. The van der Waals surface area contributed by atoms with Crippen LogP contribution in [0.5, 0.6) is 11.6 Å². The summed E-state index contributed by atoms with van der Waals surface area (Å²) in [6.45, 7) is 9.67. The Morgan fingerprint density at radius 2 is 1.90 bits per heavy atom. The average Bonchev–Trinajstić information content (AvgIpc) is 3.54. The minimum absolute atomic E-state index is 0.0147. The molecule has 2 saturated heterocycles. The molecule has 6 rings (SSSR count). The van der Waals surface area contributed by atoms with Crippen LogP contribution in [0.15, 0.2) is 48.5 Å². The minimum Gasteiger partial charge on any atom is -0.445 e. The third-order valence-corrected chi connectivity index (χ3v) is 9.81. The number of hydrogen-bond donors (Lipinski definition) is 2. The van der Waals surface area contributed by atoms with E-state index in [0.29, 0.717) is 24.8 Å². The van der Waals surface area contributed by atoms with Gasteiger partial charge < -0.3 is 24.6 Å². The monoisotopic (exact) mass is 694 g/mol. The Morgan fingerprint density at radius 3 is 2.61 bits per heavy atom. The number of carbonyl (C=O) groups is 2. The summed E-state index contributed by atoms with van der Waals surface area (Å²) in [5.41, 5.74) is 4.85. The first kappa shape index (κ1) is 34.8. The quantitative estimate of drug-likeness (QED) is 0.263. The van der Waals surface area contributed by atoms with Crippen molar-refractivity contribution in [2.75, 3.05) is 37.6 Å². The largest absolute Gasteiger partial charge is 0.445 e. The lowest BCUT2D eigenvalue weighted by molar-refractivity contribution is -0.0646. The number of aromatic nitrogens is 3. The molecule has 2 aliphatic heterocycles. The highest BCUT2D eigenvalue weighted by Crippen LogP contribution is 2.37. The van der Waals surface area contributed by atoms with E-state index in [1.54, 1.807) is 4.90 Å². The van der Waals surface area contributed by atoms with Gasteiger partial charge in [-0.15, -0.1) is 10.2 Å². The molecule has 14 heteroatoms. The van der Waals surface area contributed by atoms with E-state index in [2.05, 4.69) is 35.8 Å². The number of nitrogens with zero attached hydrogens (tertiary/aromatic N) is 6. The molecule has 0 radical (unpaired) electrons. The van der Waals surface area contributed by atoms with E-state index >= 15 is 0 Å². The number of hydrazine groups is 1. The third-order valence-electron chi connectivity index (χ3n) is 9.65. The summed E-state index contributed by atoms with van der Waals surface area (Å²) in [5, 5.41) is 13.4. The fourth-order valence-electron chi connectivity index (χ4n) is 7.12. The lowest BCUT2D eigenvalue weighted by atomic mass is 9.77. The number of amides is 2. The SMILES string of the molecule is CCN(C(=O)c1cc(F)ccc1Oc1nnc(Cl)nc1N1CC[C@H](CN2CC3(CCC(NC(=O)OCc4ccccc4)CC3)N2)C1)C(C)C. The van der Waals surface area contributed by atoms with Crippen LogP contribution < -0.4 is 20.4 Å². The summed E-state index contributed by atoms with van der Waals surface area (Å²) < 4.78 is 25.9. The van der Waals surface area contributed by atoms with Crippen LogP contribution in [0.1, 0.15) is 68.8 Å². The molecule has 49 heavy (non-hydrogen) atoms. The van der Waals surface area contributed by atoms with E-state index in [0.717, 1.165) is 57.3 Å². The van der Waals surface area contributed by atoms with Crippen molar-refractivity contribution in [1.82, 2.24) is 35.8 Å². The van der Waals surface area contributed by atoms with Crippen molar-refractivity contribution in [3.63, 3.8) is 0 Å². The number of halogens is 2. The molecule has 1 atom stereocenters. The van der Waals surface area contributed by atoms with Crippen LogP contribution in [-0.2, 0) is 11.3 Å². The van der Waals surface area contributed by atoms with Gasteiger partial charge in [-0.3, -0.25) is 4.79 Å². The van der Waals surface area contributed by atoms with Gasteiger partial charge >= 0.3 is 6.09 Å². The van der Waals surface area contributed by atoms with Gasteiger partial charge in [0.05, 0.1) is 5.56 Å². The average molecular weight is 695 g/mol. The van der Waals surface area contributed by atoms with Crippen molar-refractivity contribution in [3.05, 3.63) is 70.8 Å². The first-order valence-corrected chi connectivity index (χ1v) is 17.4. The molecule has 1 aliphatic carbocycles. The Kier molecular flexibility index (Phi) is 10.8. The van der Waals surface area contributed by atoms with Crippen molar-refractivity contribution in [3.8, 4) is 11.6 Å². The molecule has 1 aromatic heterocycles. The van der Waals surface area contributed by atoms with E-state index in [9.17, 15) is 14.0 Å². The van der Waals surface area contributed by atoms with Crippen LogP contribution in [-0.4, -0.2) is 87.4 Å². The lowest BCUT2D eigenvalue weighted by Crippen LogP contribution is -2.73. The molecule has 12 nitrogen and oxygen atoms in total. The first-order valence-electron chi connectivity index (χ1n) is 17.0. The molecule has 262 valence electrons. The molecular weight excluding hydrogens is 651 g/mol. The number of benzene rings is 2. The van der Waals surface area contributed by atoms with Gasteiger partial charge in [-0.2, -0.15) is 4.98 Å². The number of hydrogen-bond acceptors (Lipinski definition) is 10. The van der Waals surface area contributed by atoms with Gasteiger partial charge in [0.2, 0.25) is 5.28 Å². The number of nitrogens with one attached hydrogen (secondary N) is 2. The zero-order valence-electron chi connectivity index (χ0n) is 28.2. The van der Waals surface area contributed by atoms with Gasteiger partial charge in [0.15, 0.2) is 5.82 Å². The zero-order chi connectivity index (χ0) is 34.5. The van der Waals surface area contributed by atoms with Crippen LogP contribution in [0, 0.1) is 11.7 Å². The van der Waals surface area contributed by atoms with E-state index in [1.807, 2.05) is 51.1 Å². The van der Waals surface area contributed by atoms with E-state index in [-0.39, 0.29) is 58.7 Å². The molecule has 3 heterocycles. The molecule has 3 aliphatic rings. The fourth-order valence-corrected chi connectivity index (χ4v) is 7.24. The van der Waals surface area contributed by atoms with Gasteiger partial charge in [0, 0.05) is 50.3 Å². The van der Waals surface area contributed by atoms with Crippen molar-refractivity contribution in [2.24, 2.45) is 5.92 Å². The molecule has 2 amide bonds. The Balaban J connectivity index is 1.00. The number of ether oxygens (including phenoxy) is 2. The van der Waals surface area contributed by atoms with Crippen molar-refractivity contribution in [1.29, 1.82) is 0 Å². The predicted molar refractivity (Wildman–Crippen MR) is 183 cm³/mol. The van der Waals surface area contributed by atoms with Gasteiger partial charge in [-0.05, 0) is 94.2 Å². The highest BCUT2D eigenvalue weighted by atomic mass is 35.5. The van der Waals surface area contributed by atoms with E-state index in [4.69, 9.17) is 21.1 Å². The van der Waals surface area contributed by atoms with Crippen LogP contribution >= 0.6 is 11.6 Å². The molecule has 2 aromatic carbocycles. The topological polar surface area (TPSA) is 125 Å². The van der Waals surface area contributed by atoms with Gasteiger partial charge in [-0.25, -0.2) is 19.6 Å². The maximum Gasteiger partial charge on any atom is 0.407 e. The number of rotatable bonds is 11. The minimum atomic E-state index is -0.538. The molecule has 3 aromatic rings. The van der Waals surface area contributed by atoms with Crippen LogP contribution in [0.25, 0.3) is 0 Å². The Morgan fingerprint density at radius 1 is 1.14 bits per heavy atom. The molecule has 0 unspecified atom stereocenters. The number of carbonyl (C=O) groups excluding carboxylic acids is 2. The molecule has 0 bridgehead atoms. The van der Waals surface area contributed by atoms with Crippen LogP contribution in [0.4, 0.5) is 15.0 Å². The van der Waals surface area contributed by atoms with Crippen molar-refractivity contribution < 1.29 is 23.5 Å². The normalized spacial score (nSPS) is 22.2. The van der Waals surface area contributed by atoms with Crippen molar-refractivity contribution >= 4 is 29.4 Å². The standard InChI is InChI=1S/C35H44ClFN8O4/c1-4-45(23(2)3)32(46)28-18-26(37)10-11-29(28)49-31-30(39-33(36)41-40-31)43-17-14-25(19-43)20-44-22-35(42-44)15-12-27(13-16-35)38-34(47)48-21-24-8-6-5-7-9-24/h5-11,18,23,25,27,42H,4,12-17,19-22H2,1-3H3,(H,38,47)/t25-,27?,35?/m0/s1. The van der Waals surface area contributed by atoms with Crippen LogP contribution in [0.3, 0.4) is 0 Å². The summed E-state index contributed by atoms with van der Waals surface area (Å²) in [6, 6.07) is 13.6. The Labute approximate surface area is 291 Å². The molecular formula is C35H44ClFN8O4. The maximum atomic E-state index is 14.3. The summed E-state index contributed by atoms with van der Waals surface area (Å²) in [6.07, 6.45) is 4.33. The number of alkyl carbamates (subject to hydrolysis) is 1. The smallest absolute Gasteiger partial charge is 0.407 e. The Hall–Kier alpha value is -4.07. The summed E-state index contributed by atoms with van der Waals surface area (Å²) in [4.78, 5) is 33.8. The second-order valence-corrected chi connectivity index (χ2v) is 13.8.